The van der Waals surface area contributed by atoms with Gasteiger partial charge in [-0.05, 0) is 55.3 Å². The summed E-state index contributed by atoms with van der Waals surface area (Å²) in [5.74, 6) is -0.269. The Kier molecular flexibility index (Phi) is 5.70. The SMILES string of the molecule is CCOC(=O)Cc1cc(-c2ccccc2)n(-c2ccc(S(C)(=O)=O)cc2)c1C. The van der Waals surface area contributed by atoms with Crippen molar-refractivity contribution in [2.45, 2.75) is 25.2 Å². The Morgan fingerprint density at radius 2 is 1.68 bits per heavy atom. The van der Waals surface area contributed by atoms with Crippen molar-refractivity contribution in [3.05, 3.63) is 71.9 Å². The average Bonchev–Trinajstić information content (AvgIpc) is 2.98. The van der Waals surface area contributed by atoms with Gasteiger partial charge in [0.1, 0.15) is 0 Å². The lowest BCUT2D eigenvalue weighted by atomic mass is 10.1. The van der Waals surface area contributed by atoms with Crippen LogP contribution >= 0.6 is 0 Å². The second-order valence-electron chi connectivity index (χ2n) is 6.59. The Balaban J connectivity index is 2.13. The fourth-order valence-electron chi connectivity index (χ4n) is 3.20. The maximum Gasteiger partial charge on any atom is 0.310 e. The molecule has 146 valence electrons. The molecule has 0 atom stereocenters. The second kappa shape index (κ2) is 8.02. The molecule has 0 fully saturated rings. The first-order chi connectivity index (χ1) is 13.3. The molecular formula is C22H23NO4S. The predicted octanol–water partition coefficient (Wildman–Crippen LogP) is 3.96. The lowest BCUT2D eigenvalue weighted by Gasteiger charge is -2.13. The van der Waals surface area contributed by atoms with E-state index in [1.165, 1.54) is 6.26 Å². The monoisotopic (exact) mass is 397 g/mol. The van der Waals surface area contributed by atoms with E-state index in [9.17, 15) is 13.2 Å². The first-order valence-electron chi connectivity index (χ1n) is 9.04. The van der Waals surface area contributed by atoms with Crippen molar-refractivity contribution in [2.75, 3.05) is 12.9 Å². The van der Waals surface area contributed by atoms with Crippen molar-refractivity contribution in [3.63, 3.8) is 0 Å². The minimum Gasteiger partial charge on any atom is -0.466 e. The summed E-state index contributed by atoms with van der Waals surface area (Å²) in [6.45, 7) is 4.08. The van der Waals surface area contributed by atoms with Crippen LogP contribution < -0.4 is 0 Å². The summed E-state index contributed by atoms with van der Waals surface area (Å²) in [7, 11) is -3.26. The molecule has 0 amide bonds. The summed E-state index contributed by atoms with van der Waals surface area (Å²) in [5, 5.41) is 0. The largest absolute Gasteiger partial charge is 0.466 e. The van der Waals surface area contributed by atoms with Crippen LogP contribution in [0.25, 0.3) is 16.9 Å². The Hall–Kier alpha value is -2.86. The van der Waals surface area contributed by atoms with E-state index in [-0.39, 0.29) is 17.3 Å². The molecule has 0 saturated heterocycles. The van der Waals surface area contributed by atoms with Crippen molar-refractivity contribution in [2.24, 2.45) is 0 Å². The van der Waals surface area contributed by atoms with E-state index in [0.29, 0.717) is 6.61 Å². The van der Waals surface area contributed by atoms with Crippen LogP contribution in [0, 0.1) is 6.92 Å². The third-order valence-electron chi connectivity index (χ3n) is 4.58. The van der Waals surface area contributed by atoms with Gasteiger partial charge in [-0.2, -0.15) is 0 Å². The highest BCUT2D eigenvalue weighted by atomic mass is 32.2. The molecule has 3 aromatic rings. The molecule has 2 aromatic carbocycles. The number of hydrogen-bond acceptors (Lipinski definition) is 4. The van der Waals surface area contributed by atoms with Crippen LogP contribution in [0.3, 0.4) is 0 Å². The highest BCUT2D eigenvalue weighted by Gasteiger charge is 2.18. The number of ether oxygens (including phenoxy) is 1. The molecule has 1 aromatic heterocycles. The standard InChI is InChI=1S/C22H23NO4S/c1-4-27-22(24)15-18-14-21(17-8-6-5-7-9-17)23(16(18)2)19-10-12-20(13-11-19)28(3,25)26/h5-14H,4,15H2,1-3H3. The molecule has 0 radical (unpaired) electrons. The van der Waals surface area contributed by atoms with Crippen molar-refractivity contribution in [3.8, 4) is 16.9 Å². The van der Waals surface area contributed by atoms with Crippen LogP contribution in [0.1, 0.15) is 18.2 Å². The summed E-state index contributed by atoms with van der Waals surface area (Å²) >= 11 is 0. The minimum absolute atomic E-state index is 0.188. The van der Waals surface area contributed by atoms with Crippen LogP contribution in [0.4, 0.5) is 0 Å². The Morgan fingerprint density at radius 1 is 1.04 bits per heavy atom. The molecule has 0 aliphatic carbocycles. The van der Waals surface area contributed by atoms with Gasteiger partial charge in [-0.25, -0.2) is 8.42 Å². The van der Waals surface area contributed by atoms with Gasteiger partial charge in [-0.3, -0.25) is 4.79 Å². The molecule has 0 N–H and O–H groups in total. The Morgan fingerprint density at radius 3 is 2.25 bits per heavy atom. The predicted molar refractivity (Wildman–Crippen MR) is 109 cm³/mol. The van der Waals surface area contributed by atoms with Crippen molar-refractivity contribution in [1.82, 2.24) is 4.57 Å². The van der Waals surface area contributed by atoms with Crippen molar-refractivity contribution < 1.29 is 17.9 Å². The topological polar surface area (TPSA) is 65.4 Å². The van der Waals surface area contributed by atoms with Crippen LogP contribution in [0.5, 0.6) is 0 Å². The quantitative estimate of drug-likeness (QED) is 0.591. The second-order valence-corrected chi connectivity index (χ2v) is 8.61. The number of esters is 1. The van der Waals surface area contributed by atoms with Crippen molar-refractivity contribution in [1.29, 1.82) is 0 Å². The normalized spacial score (nSPS) is 11.4. The summed E-state index contributed by atoms with van der Waals surface area (Å²) in [6.07, 6.45) is 1.38. The lowest BCUT2D eigenvalue weighted by Crippen LogP contribution is -2.08. The number of carbonyl (C=O) groups is 1. The Bertz CT molecular complexity index is 1080. The zero-order valence-corrected chi connectivity index (χ0v) is 17.0. The zero-order valence-electron chi connectivity index (χ0n) is 16.2. The van der Waals surface area contributed by atoms with Gasteiger partial charge in [0.05, 0.1) is 23.6 Å². The summed E-state index contributed by atoms with van der Waals surface area (Å²) < 4.78 is 30.7. The molecule has 0 unspecified atom stereocenters. The van der Waals surface area contributed by atoms with Crippen LogP contribution in [0.15, 0.2) is 65.6 Å². The molecule has 0 bridgehead atoms. The van der Waals surface area contributed by atoms with E-state index in [4.69, 9.17) is 4.74 Å². The van der Waals surface area contributed by atoms with Gasteiger partial charge in [0.2, 0.25) is 0 Å². The van der Waals surface area contributed by atoms with Gasteiger partial charge in [-0.1, -0.05) is 30.3 Å². The van der Waals surface area contributed by atoms with Gasteiger partial charge >= 0.3 is 5.97 Å². The molecule has 0 saturated carbocycles. The molecule has 3 rings (SSSR count). The third-order valence-corrected chi connectivity index (χ3v) is 5.71. The molecule has 28 heavy (non-hydrogen) atoms. The van der Waals surface area contributed by atoms with Crippen molar-refractivity contribution >= 4 is 15.8 Å². The zero-order chi connectivity index (χ0) is 20.3. The van der Waals surface area contributed by atoms with Gasteiger partial charge in [-0.15, -0.1) is 0 Å². The molecule has 1 heterocycles. The van der Waals surface area contributed by atoms with E-state index in [1.807, 2.05) is 47.9 Å². The fourth-order valence-corrected chi connectivity index (χ4v) is 3.83. The van der Waals surface area contributed by atoms with Gasteiger partial charge in [0.25, 0.3) is 0 Å². The van der Waals surface area contributed by atoms with Crippen LogP contribution in [0.2, 0.25) is 0 Å². The first-order valence-corrected chi connectivity index (χ1v) is 10.9. The van der Waals surface area contributed by atoms with Gasteiger partial charge in [0.15, 0.2) is 9.84 Å². The highest BCUT2D eigenvalue weighted by molar-refractivity contribution is 7.90. The maximum atomic E-state index is 12.0. The molecule has 0 aliphatic rings. The van der Waals surface area contributed by atoms with Gasteiger partial charge < -0.3 is 9.30 Å². The van der Waals surface area contributed by atoms with E-state index in [2.05, 4.69) is 0 Å². The summed E-state index contributed by atoms with van der Waals surface area (Å²) in [4.78, 5) is 12.3. The molecule has 0 spiro atoms. The summed E-state index contributed by atoms with van der Waals surface area (Å²) in [6, 6.07) is 18.6. The van der Waals surface area contributed by atoms with Crippen LogP contribution in [-0.4, -0.2) is 31.8 Å². The number of rotatable bonds is 6. The van der Waals surface area contributed by atoms with E-state index in [1.54, 1.807) is 31.2 Å². The number of nitrogens with zero attached hydrogens (tertiary/aromatic N) is 1. The summed E-state index contributed by atoms with van der Waals surface area (Å²) in [5.41, 5.74) is 4.57. The first kappa shape index (κ1) is 19.9. The molecule has 0 aliphatic heterocycles. The third kappa shape index (κ3) is 4.17. The highest BCUT2D eigenvalue weighted by Crippen LogP contribution is 2.30. The number of carbonyl (C=O) groups excluding carboxylic acids is 1. The molecular weight excluding hydrogens is 374 g/mol. The lowest BCUT2D eigenvalue weighted by molar-refractivity contribution is -0.142. The van der Waals surface area contributed by atoms with E-state index < -0.39 is 9.84 Å². The van der Waals surface area contributed by atoms with Crippen LogP contribution in [-0.2, 0) is 25.8 Å². The number of sulfone groups is 1. The fraction of sp³-hybridized carbons (Fsp3) is 0.227. The van der Waals surface area contributed by atoms with E-state index >= 15 is 0 Å². The smallest absolute Gasteiger partial charge is 0.310 e. The molecule has 6 heteroatoms. The maximum absolute atomic E-state index is 12.0. The minimum atomic E-state index is -3.26. The van der Waals surface area contributed by atoms with E-state index in [0.717, 1.165) is 28.2 Å². The van der Waals surface area contributed by atoms with Gasteiger partial charge in [0, 0.05) is 17.6 Å². The molecule has 5 nitrogen and oxygen atoms in total. The number of aromatic nitrogens is 1. The number of hydrogen-bond donors (Lipinski definition) is 0. The Labute approximate surface area is 165 Å². The number of benzene rings is 2. The average molecular weight is 397 g/mol.